The van der Waals surface area contributed by atoms with Crippen LogP contribution in [0.15, 0.2) is 40.9 Å². The van der Waals surface area contributed by atoms with Gasteiger partial charge in [0.15, 0.2) is 0 Å². The van der Waals surface area contributed by atoms with Gasteiger partial charge in [0, 0.05) is 5.69 Å². The average molecular weight is 370 g/mol. The van der Waals surface area contributed by atoms with Crippen LogP contribution >= 0.6 is 15.9 Å². The van der Waals surface area contributed by atoms with Crippen molar-refractivity contribution in [3.8, 4) is 11.5 Å². The van der Waals surface area contributed by atoms with Gasteiger partial charge in [-0.05, 0) is 59.1 Å². The Kier molecular flexibility index (Phi) is 4.58. The quantitative estimate of drug-likeness (QED) is 0.876. The molecule has 21 heavy (non-hydrogen) atoms. The second kappa shape index (κ2) is 6.07. The van der Waals surface area contributed by atoms with Crippen molar-refractivity contribution >= 4 is 31.6 Å². The molecule has 0 atom stereocenters. The van der Waals surface area contributed by atoms with E-state index >= 15 is 0 Å². The van der Waals surface area contributed by atoms with Crippen LogP contribution in [0.1, 0.15) is 11.1 Å². The summed E-state index contributed by atoms with van der Waals surface area (Å²) in [5.74, 6) is 1.44. The highest BCUT2D eigenvalue weighted by Crippen LogP contribution is 2.35. The maximum atomic E-state index is 11.2. The lowest BCUT2D eigenvalue weighted by molar-refractivity contribution is 0.472. The molecule has 6 heteroatoms. The van der Waals surface area contributed by atoms with Crippen molar-refractivity contribution in [3.05, 3.63) is 52.0 Å². The number of ether oxygens (including phenoxy) is 1. The first-order valence-electron chi connectivity index (χ1n) is 6.27. The third kappa shape index (κ3) is 4.22. The summed E-state index contributed by atoms with van der Waals surface area (Å²) < 4.78 is 31.5. The summed E-state index contributed by atoms with van der Waals surface area (Å²) in [6.45, 7) is 3.96. The second-order valence-corrected chi connectivity index (χ2v) is 7.45. The van der Waals surface area contributed by atoms with E-state index in [4.69, 9.17) is 4.74 Å². The lowest BCUT2D eigenvalue weighted by Crippen LogP contribution is -2.09. The zero-order valence-electron chi connectivity index (χ0n) is 12.0. The Morgan fingerprint density at radius 3 is 2.24 bits per heavy atom. The van der Waals surface area contributed by atoms with Crippen molar-refractivity contribution < 1.29 is 13.2 Å². The van der Waals surface area contributed by atoms with Crippen LogP contribution in [0, 0.1) is 13.8 Å². The van der Waals surface area contributed by atoms with Crippen molar-refractivity contribution in [1.29, 1.82) is 0 Å². The molecule has 0 aliphatic heterocycles. The smallest absolute Gasteiger partial charge is 0.229 e. The van der Waals surface area contributed by atoms with Gasteiger partial charge in [-0.3, -0.25) is 4.72 Å². The molecule has 0 fully saturated rings. The molecule has 2 rings (SSSR count). The minimum Gasteiger partial charge on any atom is -0.456 e. The highest BCUT2D eigenvalue weighted by atomic mass is 79.9. The predicted molar refractivity (Wildman–Crippen MR) is 88.6 cm³/mol. The number of hydrogen-bond donors (Lipinski definition) is 1. The van der Waals surface area contributed by atoms with Crippen LogP contribution in [0.2, 0.25) is 0 Å². The third-order valence-electron chi connectivity index (χ3n) is 2.86. The van der Waals surface area contributed by atoms with E-state index in [0.29, 0.717) is 15.9 Å². The standard InChI is InChI=1S/C15H16BrNO3S/c1-10-5-4-6-11(2)15(10)20-14-8-7-12(9-13(14)16)17-21(3,18)19/h4-9,17H,1-3H3. The van der Waals surface area contributed by atoms with E-state index in [1.165, 1.54) is 0 Å². The van der Waals surface area contributed by atoms with Crippen LogP contribution in [0.5, 0.6) is 11.5 Å². The number of para-hydroxylation sites is 1. The normalized spacial score (nSPS) is 11.2. The largest absolute Gasteiger partial charge is 0.456 e. The van der Waals surface area contributed by atoms with Crippen LogP contribution in [0.25, 0.3) is 0 Å². The fourth-order valence-electron chi connectivity index (χ4n) is 1.93. The lowest BCUT2D eigenvalue weighted by atomic mass is 10.1. The second-order valence-electron chi connectivity index (χ2n) is 4.84. The molecule has 0 heterocycles. The molecule has 0 aromatic heterocycles. The molecule has 0 aliphatic carbocycles. The number of nitrogens with one attached hydrogen (secondary N) is 1. The summed E-state index contributed by atoms with van der Waals surface area (Å²) in [6, 6.07) is 11.0. The van der Waals surface area contributed by atoms with Crippen LogP contribution in [0.4, 0.5) is 5.69 Å². The average Bonchev–Trinajstić information content (AvgIpc) is 2.34. The molecule has 4 nitrogen and oxygen atoms in total. The van der Waals surface area contributed by atoms with Gasteiger partial charge < -0.3 is 4.74 Å². The molecule has 2 aromatic rings. The fraction of sp³-hybridized carbons (Fsp3) is 0.200. The number of rotatable bonds is 4. The summed E-state index contributed by atoms with van der Waals surface area (Å²) in [5.41, 5.74) is 2.57. The van der Waals surface area contributed by atoms with E-state index in [1.54, 1.807) is 18.2 Å². The summed E-state index contributed by atoms with van der Waals surface area (Å²) in [4.78, 5) is 0. The summed E-state index contributed by atoms with van der Waals surface area (Å²) >= 11 is 3.40. The Bertz CT molecular complexity index is 752. The molecule has 0 spiro atoms. The molecule has 0 unspecified atom stereocenters. The van der Waals surface area contributed by atoms with Crippen molar-refractivity contribution in [3.63, 3.8) is 0 Å². The molecule has 0 aliphatic rings. The van der Waals surface area contributed by atoms with Crippen molar-refractivity contribution in [1.82, 2.24) is 0 Å². The molecule has 0 saturated carbocycles. The minimum atomic E-state index is -3.29. The van der Waals surface area contributed by atoms with E-state index in [-0.39, 0.29) is 0 Å². The molecule has 0 saturated heterocycles. The van der Waals surface area contributed by atoms with E-state index in [9.17, 15) is 8.42 Å². The highest BCUT2D eigenvalue weighted by Gasteiger charge is 2.10. The van der Waals surface area contributed by atoms with Gasteiger partial charge in [-0.1, -0.05) is 18.2 Å². The molecular formula is C15H16BrNO3S. The maximum absolute atomic E-state index is 11.2. The molecule has 0 amide bonds. The van der Waals surface area contributed by atoms with Crippen LogP contribution in [-0.4, -0.2) is 14.7 Å². The van der Waals surface area contributed by atoms with Gasteiger partial charge in [-0.2, -0.15) is 0 Å². The molecule has 1 N–H and O–H groups in total. The number of benzene rings is 2. The Morgan fingerprint density at radius 1 is 1.10 bits per heavy atom. The lowest BCUT2D eigenvalue weighted by Gasteiger charge is -2.13. The van der Waals surface area contributed by atoms with Crippen LogP contribution in [-0.2, 0) is 10.0 Å². The van der Waals surface area contributed by atoms with E-state index in [2.05, 4.69) is 20.7 Å². The highest BCUT2D eigenvalue weighted by molar-refractivity contribution is 9.10. The van der Waals surface area contributed by atoms with Crippen molar-refractivity contribution in [2.75, 3.05) is 11.0 Å². The Balaban J connectivity index is 2.30. The number of aryl methyl sites for hydroxylation is 2. The zero-order valence-corrected chi connectivity index (χ0v) is 14.4. The van der Waals surface area contributed by atoms with Gasteiger partial charge in [-0.15, -0.1) is 0 Å². The van der Waals surface area contributed by atoms with Gasteiger partial charge in [0.2, 0.25) is 10.0 Å². The Labute approximate surface area is 133 Å². The van der Waals surface area contributed by atoms with Gasteiger partial charge in [0.1, 0.15) is 11.5 Å². The van der Waals surface area contributed by atoms with Crippen LogP contribution in [0.3, 0.4) is 0 Å². The van der Waals surface area contributed by atoms with Crippen molar-refractivity contribution in [2.45, 2.75) is 13.8 Å². The molecule has 0 bridgehead atoms. The first kappa shape index (κ1) is 15.9. The first-order chi connectivity index (χ1) is 9.76. The predicted octanol–water partition coefficient (Wildman–Crippen LogP) is 4.23. The third-order valence-corrected chi connectivity index (χ3v) is 4.08. The summed E-state index contributed by atoms with van der Waals surface area (Å²) in [7, 11) is -3.29. The van der Waals surface area contributed by atoms with Crippen LogP contribution < -0.4 is 9.46 Å². The van der Waals surface area contributed by atoms with E-state index in [0.717, 1.165) is 23.1 Å². The summed E-state index contributed by atoms with van der Waals surface area (Å²) in [6.07, 6.45) is 1.11. The van der Waals surface area contributed by atoms with Gasteiger partial charge in [0.25, 0.3) is 0 Å². The number of halogens is 1. The molecule has 0 radical (unpaired) electrons. The molecule has 2 aromatic carbocycles. The topological polar surface area (TPSA) is 55.4 Å². The SMILES string of the molecule is Cc1cccc(C)c1Oc1ccc(NS(C)(=O)=O)cc1Br. The molecular weight excluding hydrogens is 354 g/mol. The number of hydrogen-bond acceptors (Lipinski definition) is 3. The maximum Gasteiger partial charge on any atom is 0.229 e. The molecule has 112 valence electrons. The Morgan fingerprint density at radius 2 is 1.71 bits per heavy atom. The summed E-state index contributed by atoms with van der Waals surface area (Å²) in [5, 5.41) is 0. The number of anilines is 1. The first-order valence-corrected chi connectivity index (χ1v) is 8.96. The fourth-order valence-corrected chi connectivity index (χ4v) is 2.95. The Hall–Kier alpha value is -1.53. The van der Waals surface area contributed by atoms with Gasteiger partial charge in [-0.25, -0.2) is 8.42 Å². The van der Waals surface area contributed by atoms with E-state index < -0.39 is 10.0 Å². The minimum absolute atomic E-state index is 0.484. The van der Waals surface area contributed by atoms with Gasteiger partial charge >= 0.3 is 0 Å². The van der Waals surface area contributed by atoms with Crippen molar-refractivity contribution in [2.24, 2.45) is 0 Å². The van der Waals surface area contributed by atoms with Gasteiger partial charge in [0.05, 0.1) is 10.7 Å². The monoisotopic (exact) mass is 369 g/mol. The van der Waals surface area contributed by atoms with E-state index in [1.807, 2.05) is 32.0 Å². The zero-order chi connectivity index (χ0) is 15.6. The number of sulfonamides is 1.